The van der Waals surface area contributed by atoms with Crippen molar-refractivity contribution in [3.05, 3.63) is 35.1 Å². The fraction of sp³-hybridized carbons (Fsp3) is 0.429. The van der Waals surface area contributed by atoms with Gasteiger partial charge in [-0.05, 0) is 37.2 Å². The Morgan fingerprint density at radius 3 is 2.95 bits per heavy atom. The summed E-state index contributed by atoms with van der Waals surface area (Å²) in [5.74, 6) is 0.816. The molecule has 1 N–H and O–H groups in total. The van der Waals surface area contributed by atoms with Crippen molar-refractivity contribution < 1.29 is 4.74 Å². The number of nitrogens with one attached hydrogen (secondary N) is 1. The van der Waals surface area contributed by atoms with Crippen LogP contribution in [0.25, 0.3) is 5.69 Å². The molecule has 2 heterocycles. The minimum absolute atomic E-state index is 0.287. The highest BCUT2D eigenvalue weighted by Gasteiger charge is 2.20. The third kappa shape index (κ3) is 2.62. The van der Waals surface area contributed by atoms with Gasteiger partial charge >= 0.3 is 0 Å². The second kappa shape index (κ2) is 5.76. The molecule has 0 saturated carbocycles. The SMILES string of the molecule is CN(CC1CCCO1)c1n[nH]c(=S)n1-c1ccccc1. The Morgan fingerprint density at radius 2 is 2.25 bits per heavy atom. The monoisotopic (exact) mass is 290 g/mol. The number of rotatable bonds is 4. The molecular formula is C14H18N4OS. The fourth-order valence-electron chi connectivity index (χ4n) is 2.53. The molecule has 20 heavy (non-hydrogen) atoms. The Bertz CT molecular complexity index is 616. The van der Waals surface area contributed by atoms with Gasteiger partial charge in [0, 0.05) is 20.2 Å². The van der Waals surface area contributed by atoms with Gasteiger partial charge in [0.1, 0.15) is 0 Å². The van der Waals surface area contributed by atoms with Crippen LogP contribution in [0.15, 0.2) is 30.3 Å². The van der Waals surface area contributed by atoms with E-state index >= 15 is 0 Å². The van der Waals surface area contributed by atoms with Gasteiger partial charge in [-0.25, -0.2) is 5.10 Å². The number of nitrogens with zero attached hydrogens (tertiary/aromatic N) is 3. The Balaban J connectivity index is 1.88. The molecule has 0 spiro atoms. The van der Waals surface area contributed by atoms with Gasteiger partial charge in [0.05, 0.1) is 11.8 Å². The number of H-pyrrole nitrogens is 1. The Hall–Kier alpha value is -1.66. The molecule has 5 nitrogen and oxygen atoms in total. The molecule has 1 unspecified atom stereocenters. The first-order valence-corrected chi connectivity index (χ1v) is 7.22. The zero-order valence-electron chi connectivity index (χ0n) is 11.5. The summed E-state index contributed by atoms with van der Waals surface area (Å²) in [5.41, 5.74) is 1.01. The maximum Gasteiger partial charge on any atom is 0.230 e. The van der Waals surface area contributed by atoms with Crippen LogP contribution in [-0.2, 0) is 4.74 Å². The van der Waals surface area contributed by atoms with Crippen LogP contribution < -0.4 is 4.90 Å². The molecule has 1 saturated heterocycles. The largest absolute Gasteiger partial charge is 0.376 e. The summed E-state index contributed by atoms with van der Waals surface area (Å²) in [4.78, 5) is 2.09. The van der Waals surface area contributed by atoms with E-state index in [1.54, 1.807) is 0 Å². The number of hydrogen-bond donors (Lipinski definition) is 1. The number of hydrogen-bond acceptors (Lipinski definition) is 4. The Labute approximate surface area is 123 Å². The molecule has 106 valence electrons. The van der Waals surface area contributed by atoms with Gasteiger partial charge in [0.15, 0.2) is 0 Å². The zero-order chi connectivity index (χ0) is 13.9. The number of ether oxygens (including phenoxy) is 1. The molecule has 1 aliphatic rings. The van der Waals surface area contributed by atoms with Crippen molar-refractivity contribution >= 4 is 18.2 Å². The summed E-state index contributed by atoms with van der Waals surface area (Å²) in [5, 5.41) is 7.23. The third-order valence-corrected chi connectivity index (χ3v) is 3.79. The molecule has 0 aliphatic carbocycles. The van der Waals surface area contributed by atoms with E-state index in [0.29, 0.717) is 4.77 Å². The molecule has 1 aromatic heterocycles. The zero-order valence-corrected chi connectivity index (χ0v) is 12.3. The van der Waals surface area contributed by atoms with Gasteiger partial charge in [-0.3, -0.25) is 4.57 Å². The molecule has 0 bridgehead atoms. The summed E-state index contributed by atoms with van der Waals surface area (Å²) in [6.07, 6.45) is 2.54. The van der Waals surface area contributed by atoms with Gasteiger partial charge in [-0.15, -0.1) is 5.10 Å². The number of benzene rings is 1. The summed E-state index contributed by atoms with van der Waals surface area (Å²) in [7, 11) is 2.02. The molecule has 0 radical (unpaired) electrons. The van der Waals surface area contributed by atoms with Crippen LogP contribution >= 0.6 is 12.2 Å². The van der Waals surface area contributed by atoms with Crippen molar-refractivity contribution in [2.75, 3.05) is 25.1 Å². The highest BCUT2D eigenvalue weighted by atomic mass is 32.1. The lowest BCUT2D eigenvalue weighted by Crippen LogP contribution is -2.30. The highest BCUT2D eigenvalue weighted by molar-refractivity contribution is 7.71. The second-order valence-corrected chi connectivity index (χ2v) is 5.40. The van der Waals surface area contributed by atoms with Gasteiger partial charge < -0.3 is 9.64 Å². The number of aromatic nitrogens is 3. The van der Waals surface area contributed by atoms with E-state index in [4.69, 9.17) is 17.0 Å². The van der Waals surface area contributed by atoms with E-state index in [2.05, 4.69) is 15.1 Å². The number of likely N-dealkylation sites (N-methyl/N-ethyl adjacent to an activating group) is 1. The van der Waals surface area contributed by atoms with Crippen molar-refractivity contribution in [2.45, 2.75) is 18.9 Å². The summed E-state index contributed by atoms with van der Waals surface area (Å²) in [6, 6.07) is 10.0. The molecular weight excluding hydrogens is 272 g/mol. The maximum absolute atomic E-state index is 5.68. The lowest BCUT2D eigenvalue weighted by molar-refractivity contribution is 0.116. The number of aromatic amines is 1. The lowest BCUT2D eigenvalue weighted by atomic mass is 10.2. The maximum atomic E-state index is 5.68. The standard InChI is InChI=1S/C14H18N4OS/c1-17(10-12-8-5-9-19-12)13-15-16-14(20)18(13)11-6-3-2-4-7-11/h2-4,6-7,12H,5,8-10H2,1H3,(H,16,20). The first kappa shape index (κ1) is 13.3. The van der Waals surface area contributed by atoms with E-state index in [-0.39, 0.29) is 6.10 Å². The van der Waals surface area contributed by atoms with Crippen molar-refractivity contribution in [1.29, 1.82) is 0 Å². The first-order chi connectivity index (χ1) is 9.75. The van der Waals surface area contributed by atoms with E-state index in [1.807, 2.05) is 41.9 Å². The fourth-order valence-corrected chi connectivity index (χ4v) is 2.76. The van der Waals surface area contributed by atoms with Crippen LogP contribution in [-0.4, -0.2) is 41.1 Å². The van der Waals surface area contributed by atoms with Crippen LogP contribution in [0.4, 0.5) is 5.95 Å². The Kier molecular flexibility index (Phi) is 3.84. The number of para-hydroxylation sites is 1. The molecule has 2 aromatic rings. The third-order valence-electron chi connectivity index (χ3n) is 3.51. The second-order valence-electron chi connectivity index (χ2n) is 5.02. The lowest BCUT2D eigenvalue weighted by Gasteiger charge is -2.22. The topological polar surface area (TPSA) is 46.1 Å². The molecule has 0 amide bonds. The quantitative estimate of drug-likeness (QED) is 0.879. The highest BCUT2D eigenvalue weighted by Crippen LogP contribution is 2.20. The predicted molar refractivity (Wildman–Crippen MR) is 81.0 cm³/mol. The van der Waals surface area contributed by atoms with Crippen LogP contribution in [0.3, 0.4) is 0 Å². The van der Waals surface area contributed by atoms with Crippen molar-refractivity contribution in [3.8, 4) is 5.69 Å². The molecule has 6 heteroatoms. The van der Waals surface area contributed by atoms with Gasteiger partial charge in [-0.2, -0.15) is 0 Å². The smallest absolute Gasteiger partial charge is 0.230 e. The van der Waals surface area contributed by atoms with Gasteiger partial charge in [0.25, 0.3) is 0 Å². The summed E-state index contributed by atoms with van der Waals surface area (Å²) < 4.78 is 8.23. The van der Waals surface area contributed by atoms with Crippen LogP contribution in [0.1, 0.15) is 12.8 Å². The van der Waals surface area contributed by atoms with Crippen LogP contribution in [0.2, 0.25) is 0 Å². The van der Waals surface area contributed by atoms with E-state index < -0.39 is 0 Å². The van der Waals surface area contributed by atoms with Gasteiger partial charge in [-0.1, -0.05) is 18.2 Å². The van der Waals surface area contributed by atoms with E-state index in [0.717, 1.165) is 37.6 Å². The number of anilines is 1. The summed E-state index contributed by atoms with van der Waals surface area (Å²) in [6.45, 7) is 1.69. The van der Waals surface area contributed by atoms with Crippen LogP contribution in [0, 0.1) is 4.77 Å². The first-order valence-electron chi connectivity index (χ1n) is 6.81. The van der Waals surface area contributed by atoms with Crippen molar-refractivity contribution in [1.82, 2.24) is 14.8 Å². The van der Waals surface area contributed by atoms with E-state index in [1.165, 1.54) is 0 Å². The molecule has 1 fully saturated rings. The molecule has 3 rings (SSSR count). The van der Waals surface area contributed by atoms with Crippen molar-refractivity contribution in [2.24, 2.45) is 0 Å². The average Bonchev–Trinajstić information content (AvgIpc) is 3.09. The van der Waals surface area contributed by atoms with Crippen molar-refractivity contribution in [3.63, 3.8) is 0 Å². The van der Waals surface area contributed by atoms with Gasteiger partial charge in [0.2, 0.25) is 10.7 Å². The molecule has 1 aliphatic heterocycles. The minimum atomic E-state index is 0.287. The predicted octanol–water partition coefficient (Wildman–Crippen LogP) is 2.55. The Morgan fingerprint density at radius 1 is 1.45 bits per heavy atom. The minimum Gasteiger partial charge on any atom is -0.376 e. The molecule has 1 atom stereocenters. The van der Waals surface area contributed by atoms with E-state index in [9.17, 15) is 0 Å². The normalized spacial score (nSPS) is 18.4. The van der Waals surface area contributed by atoms with Crippen LogP contribution in [0.5, 0.6) is 0 Å². The molecule has 1 aromatic carbocycles. The average molecular weight is 290 g/mol. The summed E-state index contributed by atoms with van der Waals surface area (Å²) >= 11 is 5.34.